The van der Waals surface area contributed by atoms with Gasteiger partial charge in [0.05, 0.1) is 17.1 Å². The van der Waals surface area contributed by atoms with Crippen LogP contribution >= 0.6 is 0 Å². The molecule has 1 aliphatic heterocycles. The van der Waals surface area contributed by atoms with Crippen LogP contribution in [0, 0.1) is 0 Å². The van der Waals surface area contributed by atoms with Gasteiger partial charge in [-0.1, -0.05) is 0 Å². The Balaban J connectivity index is 0.000000298. The average Bonchev–Trinajstić information content (AvgIpc) is 2.83. The summed E-state index contributed by atoms with van der Waals surface area (Å²) in [7, 11) is 1.83. The van der Waals surface area contributed by atoms with Crippen LogP contribution in [0.5, 0.6) is 0 Å². The summed E-state index contributed by atoms with van der Waals surface area (Å²) in [6.45, 7) is 0. The van der Waals surface area contributed by atoms with E-state index in [-0.39, 0.29) is 17.7 Å². The number of carbonyl (C=O) groups is 3. The van der Waals surface area contributed by atoms with Crippen LogP contribution in [0.1, 0.15) is 24.5 Å². The van der Waals surface area contributed by atoms with E-state index < -0.39 is 12.1 Å². The highest BCUT2D eigenvalue weighted by Crippen LogP contribution is 2.31. The van der Waals surface area contributed by atoms with Crippen LogP contribution in [-0.2, 0) is 21.4 Å². The number of aromatic nitrogens is 2. The zero-order chi connectivity index (χ0) is 19.6. The molecule has 3 rings (SSSR count). The summed E-state index contributed by atoms with van der Waals surface area (Å²) >= 11 is 0. The first kappa shape index (κ1) is 19.2. The Hall–Kier alpha value is -3.11. The third kappa shape index (κ3) is 4.10. The molecule has 2 heterocycles. The van der Waals surface area contributed by atoms with Crippen molar-refractivity contribution >= 4 is 34.4 Å². The molecule has 1 aromatic carbocycles. The SMILES string of the molecule is Cn1nc(C2CCC(=O)NC2=O)c2cc(N)ccc21.O=C(O)C(F)(F)F. The van der Waals surface area contributed by atoms with Gasteiger partial charge in [-0.25, -0.2) is 4.79 Å². The molecule has 8 nitrogen and oxygen atoms in total. The Labute approximate surface area is 144 Å². The molecule has 0 radical (unpaired) electrons. The van der Waals surface area contributed by atoms with Gasteiger partial charge in [-0.2, -0.15) is 18.3 Å². The number of carbonyl (C=O) groups excluding carboxylic acids is 2. The number of anilines is 1. The number of rotatable bonds is 1. The number of imide groups is 1. The smallest absolute Gasteiger partial charge is 0.475 e. The van der Waals surface area contributed by atoms with Gasteiger partial charge in [-0.15, -0.1) is 0 Å². The van der Waals surface area contributed by atoms with Gasteiger partial charge < -0.3 is 10.8 Å². The minimum absolute atomic E-state index is 0.221. The van der Waals surface area contributed by atoms with Crippen LogP contribution in [-0.4, -0.2) is 38.8 Å². The van der Waals surface area contributed by atoms with Crippen LogP contribution in [0.3, 0.4) is 0 Å². The van der Waals surface area contributed by atoms with Crippen molar-refractivity contribution in [2.24, 2.45) is 7.05 Å². The van der Waals surface area contributed by atoms with Crippen LogP contribution in [0.2, 0.25) is 0 Å². The van der Waals surface area contributed by atoms with E-state index in [1.54, 1.807) is 10.7 Å². The number of carboxylic acids is 1. The van der Waals surface area contributed by atoms with Crippen molar-refractivity contribution in [3.63, 3.8) is 0 Å². The average molecular weight is 372 g/mol. The number of halogens is 3. The predicted molar refractivity (Wildman–Crippen MR) is 83.9 cm³/mol. The molecule has 0 aliphatic carbocycles. The van der Waals surface area contributed by atoms with Crippen molar-refractivity contribution in [1.82, 2.24) is 15.1 Å². The van der Waals surface area contributed by atoms with Crippen LogP contribution in [0.25, 0.3) is 10.9 Å². The summed E-state index contributed by atoms with van der Waals surface area (Å²) < 4.78 is 33.5. The third-order valence-electron chi connectivity index (χ3n) is 3.71. The first-order valence-corrected chi connectivity index (χ1v) is 7.36. The molecule has 4 N–H and O–H groups in total. The minimum atomic E-state index is -5.08. The molecule has 1 unspecified atom stereocenters. The molecule has 0 spiro atoms. The molecule has 0 bridgehead atoms. The van der Waals surface area contributed by atoms with Gasteiger partial charge in [0.1, 0.15) is 0 Å². The summed E-state index contributed by atoms with van der Waals surface area (Å²) in [6.07, 6.45) is -4.25. The number of carboxylic acid groups (broad SMARTS) is 1. The Bertz CT molecular complexity index is 876. The van der Waals surface area contributed by atoms with Crippen molar-refractivity contribution in [2.75, 3.05) is 5.73 Å². The largest absolute Gasteiger partial charge is 0.490 e. The number of alkyl halides is 3. The number of nitrogens with two attached hydrogens (primary N) is 1. The Morgan fingerprint density at radius 2 is 2.00 bits per heavy atom. The number of nitrogens with zero attached hydrogens (tertiary/aromatic N) is 2. The number of hydrogen-bond acceptors (Lipinski definition) is 5. The number of amides is 2. The van der Waals surface area contributed by atoms with Crippen LogP contribution in [0.4, 0.5) is 18.9 Å². The Kier molecular flexibility index (Phi) is 5.19. The number of aryl methyl sites for hydroxylation is 1. The number of nitrogen functional groups attached to an aromatic ring is 1. The lowest BCUT2D eigenvalue weighted by molar-refractivity contribution is -0.192. The van der Waals surface area contributed by atoms with Crippen molar-refractivity contribution in [3.05, 3.63) is 23.9 Å². The zero-order valence-electron chi connectivity index (χ0n) is 13.5. The van der Waals surface area contributed by atoms with Gasteiger partial charge >= 0.3 is 12.1 Å². The van der Waals surface area contributed by atoms with Gasteiger partial charge in [-0.05, 0) is 24.6 Å². The zero-order valence-corrected chi connectivity index (χ0v) is 13.5. The topological polar surface area (TPSA) is 127 Å². The van der Waals surface area contributed by atoms with E-state index in [0.717, 1.165) is 10.9 Å². The molecule has 1 fully saturated rings. The highest BCUT2D eigenvalue weighted by molar-refractivity contribution is 6.02. The van der Waals surface area contributed by atoms with Crippen molar-refractivity contribution in [2.45, 2.75) is 24.9 Å². The van der Waals surface area contributed by atoms with Crippen LogP contribution in [0.15, 0.2) is 18.2 Å². The van der Waals surface area contributed by atoms with Crippen molar-refractivity contribution < 1.29 is 32.7 Å². The first-order valence-electron chi connectivity index (χ1n) is 7.36. The molecule has 2 amide bonds. The maximum atomic E-state index is 11.9. The van der Waals surface area contributed by atoms with E-state index in [1.807, 2.05) is 19.2 Å². The summed E-state index contributed by atoms with van der Waals surface area (Å²) in [5, 5.41) is 14.8. The first-order chi connectivity index (χ1) is 12.0. The molecule has 11 heteroatoms. The highest BCUT2D eigenvalue weighted by atomic mass is 19.4. The molecule has 1 aliphatic rings. The summed E-state index contributed by atoms with van der Waals surface area (Å²) in [5.74, 6) is -3.64. The second-order valence-corrected chi connectivity index (χ2v) is 5.59. The summed E-state index contributed by atoms with van der Waals surface area (Å²) in [4.78, 5) is 32.0. The number of benzene rings is 1. The van der Waals surface area contributed by atoms with Gasteiger partial charge in [-0.3, -0.25) is 19.6 Å². The fraction of sp³-hybridized carbons (Fsp3) is 0.333. The number of aliphatic carboxylic acids is 1. The van der Waals surface area contributed by atoms with Gasteiger partial charge in [0.25, 0.3) is 0 Å². The van der Waals surface area contributed by atoms with E-state index >= 15 is 0 Å². The lowest BCUT2D eigenvalue weighted by Gasteiger charge is -2.19. The van der Waals surface area contributed by atoms with E-state index in [4.69, 9.17) is 15.6 Å². The second kappa shape index (κ2) is 7.02. The molecule has 1 saturated heterocycles. The maximum absolute atomic E-state index is 11.9. The molecule has 140 valence electrons. The number of piperidine rings is 1. The number of hydrogen-bond donors (Lipinski definition) is 3. The normalized spacial score (nSPS) is 17.5. The summed E-state index contributed by atoms with van der Waals surface area (Å²) in [5.41, 5.74) is 8.04. The second-order valence-electron chi connectivity index (χ2n) is 5.59. The van der Waals surface area contributed by atoms with Gasteiger partial charge in [0.2, 0.25) is 11.8 Å². The van der Waals surface area contributed by atoms with E-state index in [9.17, 15) is 22.8 Å². The van der Waals surface area contributed by atoms with E-state index in [1.165, 1.54) is 0 Å². The Morgan fingerprint density at radius 1 is 1.38 bits per heavy atom. The minimum Gasteiger partial charge on any atom is -0.475 e. The quantitative estimate of drug-likeness (QED) is 0.512. The third-order valence-corrected chi connectivity index (χ3v) is 3.71. The molecule has 26 heavy (non-hydrogen) atoms. The lowest BCUT2D eigenvalue weighted by atomic mass is 9.93. The fourth-order valence-corrected chi connectivity index (χ4v) is 2.52. The number of fused-ring (bicyclic) bond motifs is 1. The molecule has 1 atom stereocenters. The predicted octanol–water partition coefficient (Wildman–Crippen LogP) is 1.31. The molecule has 1 aromatic heterocycles. The lowest BCUT2D eigenvalue weighted by Crippen LogP contribution is -2.39. The molecule has 0 saturated carbocycles. The Morgan fingerprint density at radius 3 is 2.54 bits per heavy atom. The van der Waals surface area contributed by atoms with Crippen molar-refractivity contribution in [3.8, 4) is 0 Å². The highest BCUT2D eigenvalue weighted by Gasteiger charge is 2.38. The molecular weight excluding hydrogens is 357 g/mol. The summed E-state index contributed by atoms with van der Waals surface area (Å²) in [6, 6.07) is 5.51. The van der Waals surface area contributed by atoms with Gasteiger partial charge in [0.15, 0.2) is 0 Å². The fourth-order valence-electron chi connectivity index (χ4n) is 2.52. The molecular formula is C15H15F3N4O4. The standard InChI is InChI=1S/C13H14N4O2.C2HF3O2/c1-17-10-4-2-7(14)6-9(10)12(16-17)8-3-5-11(18)15-13(8)19;3-2(4,5)1(6)7/h2,4,6,8H,3,5,14H2,1H3,(H,15,18,19);(H,6,7). The van der Waals surface area contributed by atoms with Crippen molar-refractivity contribution in [1.29, 1.82) is 0 Å². The van der Waals surface area contributed by atoms with Gasteiger partial charge in [0, 0.05) is 24.5 Å². The van der Waals surface area contributed by atoms with E-state index in [2.05, 4.69) is 10.4 Å². The maximum Gasteiger partial charge on any atom is 0.490 e. The van der Waals surface area contributed by atoms with E-state index in [0.29, 0.717) is 24.2 Å². The monoisotopic (exact) mass is 372 g/mol. The number of nitrogens with one attached hydrogen (secondary N) is 1. The van der Waals surface area contributed by atoms with Crippen LogP contribution < -0.4 is 11.1 Å². The molecule has 2 aromatic rings.